The van der Waals surface area contributed by atoms with Gasteiger partial charge in [-0.25, -0.2) is 9.76 Å². The van der Waals surface area contributed by atoms with E-state index in [1.165, 1.54) is 0 Å². The van der Waals surface area contributed by atoms with Gasteiger partial charge in [-0.3, -0.25) is 9.05 Å². The molecule has 0 aromatic heterocycles. The Labute approximate surface area is 157 Å². The minimum absolute atomic E-state index is 0.270. The molecule has 0 aliphatic heterocycles. The van der Waals surface area contributed by atoms with E-state index in [1.54, 1.807) is 13.8 Å². The van der Waals surface area contributed by atoms with Crippen LogP contribution in [-0.2, 0) is 20.0 Å². The third kappa shape index (κ3) is 6.40. The summed E-state index contributed by atoms with van der Waals surface area (Å²) in [6.07, 6.45) is 0.591. The molecule has 0 bridgehead atoms. The van der Waals surface area contributed by atoms with Gasteiger partial charge in [0.05, 0.1) is 18.9 Å². The highest BCUT2D eigenvalue weighted by atomic mass is 79.9. The van der Waals surface area contributed by atoms with E-state index >= 15 is 0 Å². The minimum atomic E-state index is -3.45. The summed E-state index contributed by atoms with van der Waals surface area (Å²) in [4.78, 5) is 0. The number of halogens is 1. The van der Waals surface area contributed by atoms with Gasteiger partial charge >= 0.3 is 7.75 Å². The Morgan fingerprint density at radius 1 is 1.04 bits per heavy atom. The fourth-order valence-corrected chi connectivity index (χ4v) is 3.57. The molecule has 0 unspecified atom stereocenters. The predicted molar refractivity (Wildman–Crippen MR) is 105 cm³/mol. The number of benzene rings is 2. The standard InChI is InChI=1S/C18H22BrN2O3P/c1-3-23-25(22,24-4-2)21-20-18(14-15-8-6-5-7-9-15)16-10-12-17(19)13-11-16/h5-13H,3-4,14H2,1-2H3,(H,21,22)/b20-18-. The maximum atomic E-state index is 12.6. The third-order valence-electron chi connectivity index (χ3n) is 3.30. The lowest BCUT2D eigenvalue weighted by atomic mass is 10.0. The Hall–Kier alpha value is -1.46. The second-order valence-electron chi connectivity index (χ2n) is 5.16. The van der Waals surface area contributed by atoms with E-state index in [0.29, 0.717) is 6.42 Å². The molecule has 0 fully saturated rings. The van der Waals surface area contributed by atoms with Gasteiger partial charge < -0.3 is 0 Å². The normalized spacial score (nSPS) is 12.2. The SMILES string of the molecule is CCOP(=O)(N/N=C(/Cc1ccccc1)c1ccc(Br)cc1)OCC. The van der Waals surface area contributed by atoms with Gasteiger partial charge in [-0.2, -0.15) is 5.10 Å². The van der Waals surface area contributed by atoms with Crippen LogP contribution in [0.25, 0.3) is 0 Å². The molecule has 0 atom stereocenters. The van der Waals surface area contributed by atoms with Crippen molar-refractivity contribution in [2.45, 2.75) is 20.3 Å². The summed E-state index contributed by atoms with van der Waals surface area (Å²) in [6.45, 7) is 4.06. The van der Waals surface area contributed by atoms with Crippen molar-refractivity contribution in [2.75, 3.05) is 13.2 Å². The Morgan fingerprint density at radius 2 is 1.64 bits per heavy atom. The highest BCUT2D eigenvalue weighted by molar-refractivity contribution is 9.10. The molecule has 5 nitrogen and oxygen atoms in total. The molecule has 0 heterocycles. The monoisotopic (exact) mass is 424 g/mol. The molecular weight excluding hydrogens is 403 g/mol. The molecule has 0 radical (unpaired) electrons. The molecule has 0 aliphatic carbocycles. The minimum Gasteiger partial charge on any atom is -0.292 e. The van der Waals surface area contributed by atoms with Gasteiger partial charge in [0.1, 0.15) is 0 Å². The molecule has 0 aliphatic rings. The number of hydrazone groups is 1. The largest absolute Gasteiger partial charge is 0.448 e. The van der Waals surface area contributed by atoms with Crippen LogP contribution in [0.4, 0.5) is 0 Å². The number of nitrogens with zero attached hydrogens (tertiary/aromatic N) is 1. The smallest absolute Gasteiger partial charge is 0.292 e. The van der Waals surface area contributed by atoms with Crippen LogP contribution in [0.15, 0.2) is 64.2 Å². The van der Waals surface area contributed by atoms with E-state index in [1.807, 2.05) is 54.6 Å². The predicted octanol–water partition coefficient (Wildman–Crippen LogP) is 5.17. The van der Waals surface area contributed by atoms with Crippen molar-refractivity contribution in [1.29, 1.82) is 0 Å². The third-order valence-corrected chi connectivity index (χ3v) is 5.37. The first-order chi connectivity index (χ1) is 12.1. The second kappa shape index (κ2) is 9.88. The van der Waals surface area contributed by atoms with Crippen molar-refractivity contribution >= 4 is 29.4 Å². The average molecular weight is 425 g/mol. The summed E-state index contributed by atoms with van der Waals surface area (Å²) < 4.78 is 24.0. The molecule has 25 heavy (non-hydrogen) atoms. The fraction of sp³-hybridized carbons (Fsp3) is 0.278. The van der Waals surface area contributed by atoms with E-state index in [2.05, 4.69) is 26.2 Å². The van der Waals surface area contributed by atoms with Gasteiger partial charge in [0, 0.05) is 10.9 Å². The van der Waals surface area contributed by atoms with Crippen molar-refractivity contribution < 1.29 is 13.6 Å². The first kappa shape index (κ1) is 19.9. The quantitative estimate of drug-likeness (QED) is 0.342. The number of hydrogen-bond acceptors (Lipinski definition) is 4. The molecular formula is C18H22BrN2O3P. The van der Waals surface area contributed by atoms with Crippen LogP contribution in [-0.4, -0.2) is 18.9 Å². The molecule has 7 heteroatoms. The van der Waals surface area contributed by atoms with E-state index in [4.69, 9.17) is 9.05 Å². The van der Waals surface area contributed by atoms with Crippen LogP contribution in [0, 0.1) is 0 Å². The van der Waals surface area contributed by atoms with E-state index in [9.17, 15) is 4.57 Å². The van der Waals surface area contributed by atoms with Gasteiger partial charge in [0.2, 0.25) is 0 Å². The first-order valence-corrected chi connectivity index (χ1v) is 10.4. The van der Waals surface area contributed by atoms with E-state index in [-0.39, 0.29) is 13.2 Å². The lowest BCUT2D eigenvalue weighted by molar-refractivity contribution is 0.211. The van der Waals surface area contributed by atoms with Gasteiger partial charge in [0.25, 0.3) is 0 Å². The summed E-state index contributed by atoms with van der Waals surface area (Å²) in [5.74, 6) is 0. The zero-order chi connectivity index (χ0) is 18.1. The Balaban J connectivity index is 2.29. The van der Waals surface area contributed by atoms with Crippen molar-refractivity contribution in [1.82, 2.24) is 5.20 Å². The molecule has 0 saturated carbocycles. The van der Waals surface area contributed by atoms with Gasteiger partial charge in [-0.05, 0) is 37.1 Å². The molecule has 134 valence electrons. The molecule has 1 N–H and O–H groups in total. The Morgan fingerprint density at radius 3 is 2.20 bits per heavy atom. The van der Waals surface area contributed by atoms with Crippen molar-refractivity contribution in [3.8, 4) is 0 Å². The summed E-state index contributed by atoms with van der Waals surface area (Å²) in [5, 5.41) is 6.99. The number of rotatable bonds is 9. The van der Waals surface area contributed by atoms with Crippen molar-refractivity contribution in [3.05, 3.63) is 70.2 Å². The Bertz CT molecular complexity index is 726. The van der Waals surface area contributed by atoms with Crippen LogP contribution in [0.1, 0.15) is 25.0 Å². The van der Waals surface area contributed by atoms with Crippen LogP contribution in [0.3, 0.4) is 0 Å². The molecule has 2 aromatic carbocycles. The van der Waals surface area contributed by atoms with Gasteiger partial charge in [-0.1, -0.05) is 58.4 Å². The van der Waals surface area contributed by atoms with Gasteiger partial charge in [0.15, 0.2) is 0 Å². The number of hydrogen-bond donors (Lipinski definition) is 1. The highest BCUT2D eigenvalue weighted by Gasteiger charge is 2.23. The fourth-order valence-electron chi connectivity index (χ4n) is 2.19. The zero-order valence-electron chi connectivity index (χ0n) is 14.3. The van der Waals surface area contributed by atoms with Crippen LogP contribution in [0.5, 0.6) is 0 Å². The maximum absolute atomic E-state index is 12.6. The first-order valence-electron chi connectivity index (χ1n) is 8.09. The maximum Gasteiger partial charge on any atom is 0.448 e. The van der Waals surface area contributed by atoms with E-state index in [0.717, 1.165) is 21.3 Å². The highest BCUT2D eigenvalue weighted by Crippen LogP contribution is 2.43. The van der Waals surface area contributed by atoms with Crippen LogP contribution in [0.2, 0.25) is 0 Å². The van der Waals surface area contributed by atoms with Crippen LogP contribution < -0.4 is 5.20 Å². The Kier molecular flexibility index (Phi) is 7.85. The topological polar surface area (TPSA) is 59.9 Å². The van der Waals surface area contributed by atoms with Crippen molar-refractivity contribution in [3.63, 3.8) is 0 Å². The lowest BCUT2D eigenvalue weighted by Gasteiger charge is -2.17. The lowest BCUT2D eigenvalue weighted by Crippen LogP contribution is -2.15. The van der Waals surface area contributed by atoms with Crippen LogP contribution >= 0.6 is 23.7 Å². The average Bonchev–Trinajstić information content (AvgIpc) is 2.61. The second-order valence-corrected chi connectivity index (χ2v) is 7.79. The molecule has 0 spiro atoms. The number of nitrogens with one attached hydrogen (secondary N) is 1. The van der Waals surface area contributed by atoms with Gasteiger partial charge in [-0.15, -0.1) is 0 Å². The molecule has 0 saturated heterocycles. The molecule has 2 aromatic rings. The summed E-state index contributed by atoms with van der Waals surface area (Å²) >= 11 is 3.43. The molecule has 2 rings (SSSR count). The summed E-state index contributed by atoms with van der Waals surface area (Å²) in [7, 11) is -3.45. The summed E-state index contributed by atoms with van der Waals surface area (Å²) in [6, 6.07) is 17.8. The summed E-state index contributed by atoms with van der Waals surface area (Å²) in [5.41, 5.74) is 2.78. The van der Waals surface area contributed by atoms with E-state index < -0.39 is 7.75 Å². The van der Waals surface area contributed by atoms with Crippen molar-refractivity contribution in [2.24, 2.45) is 5.10 Å². The molecule has 0 amide bonds. The zero-order valence-corrected chi connectivity index (χ0v) is 16.8.